The maximum absolute atomic E-state index is 2.76. The molecule has 280 valence electrons. The van der Waals surface area contributed by atoms with E-state index in [1.165, 1.54) is 96.5 Å². The number of anilines is 1. The second kappa shape index (κ2) is 13.2. The number of hydrogen-bond donors (Lipinski definition) is 0. The normalized spacial score (nSPS) is 19.1. The van der Waals surface area contributed by atoms with E-state index in [2.05, 4.69) is 197 Å². The molecule has 2 aromatic heterocycles. The summed E-state index contributed by atoms with van der Waals surface area (Å²) in [6.07, 6.45) is 11.0. The van der Waals surface area contributed by atoms with Crippen LogP contribution in [0, 0.1) is 11.8 Å². The van der Waals surface area contributed by atoms with Crippen molar-refractivity contribution in [1.82, 2.24) is 9.13 Å². The first-order chi connectivity index (χ1) is 28.7. The molecule has 2 unspecified atom stereocenters. The van der Waals surface area contributed by atoms with Gasteiger partial charge in [-0.1, -0.05) is 122 Å². The summed E-state index contributed by atoms with van der Waals surface area (Å²) in [4.78, 5) is 2.76. The van der Waals surface area contributed by atoms with E-state index in [4.69, 9.17) is 0 Å². The van der Waals surface area contributed by atoms with Crippen molar-refractivity contribution in [2.24, 2.45) is 11.8 Å². The highest BCUT2D eigenvalue weighted by atomic mass is 15.2. The second-order valence-electron chi connectivity index (χ2n) is 16.9. The maximum atomic E-state index is 2.76. The molecule has 3 heterocycles. The lowest BCUT2D eigenvalue weighted by atomic mass is 9.76. The third kappa shape index (κ3) is 5.19. The Bertz CT molecular complexity index is 3140. The van der Waals surface area contributed by atoms with Crippen LogP contribution in [0.1, 0.15) is 39.0 Å². The molecule has 0 amide bonds. The van der Waals surface area contributed by atoms with Crippen LogP contribution in [-0.2, 0) is 0 Å². The Morgan fingerprint density at radius 3 is 1.91 bits per heavy atom. The molecule has 7 aromatic carbocycles. The number of aromatic nitrogens is 2. The van der Waals surface area contributed by atoms with Crippen molar-refractivity contribution in [3.63, 3.8) is 0 Å². The molecule has 0 bridgehead atoms. The number of fused-ring (bicyclic) bond motifs is 8. The number of benzene rings is 7. The molecular formula is C55H45N3. The average molecular weight is 748 g/mol. The standard InChI is InChI=1S/C55H45N3/c1-36-25-29-53-48(31-36)45-20-6-9-23-51(45)57(53)43-26-28-47-44-19-5-8-22-50(44)58(55(47)35-43)42-27-30-54-49(34-42)46-21-7-10-24-52(46)56(54)41-18-12-17-40(33-41)39-16-11-15-38(32-39)37-13-3-2-4-14-37/h2-8,10-22,24,26-28,30,32-36,48,53H,9,23,25,29,31H2,1H3/t36-,48?,53?/m1/s1. The Kier molecular flexibility index (Phi) is 7.66. The third-order valence-corrected chi connectivity index (χ3v) is 13.5. The fourth-order valence-electron chi connectivity index (χ4n) is 10.9. The molecule has 2 aliphatic carbocycles. The van der Waals surface area contributed by atoms with Crippen LogP contribution in [0.15, 0.2) is 187 Å². The van der Waals surface area contributed by atoms with Crippen LogP contribution in [0.5, 0.6) is 0 Å². The van der Waals surface area contributed by atoms with Crippen molar-refractivity contribution in [1.29, 1.82) is 0 Å². The summed E-state index contributed by atoms with van der Waals surface area (Å²) in [6.45, 7) is 2.45. The maximum Gasteiger partial charge on any atom is 0.0561 e. The fraction of sp³-hybridized carbons (Fsp3) is 0.164. The highest BCUT2D eigenvalue weighted by Crippen LogP contribution is 2.50. The number of nitrogens with zero attached hydrogens (tertiary/aromatic N) is 3. The van der Waals surface area contributed by atoms with Gasteiger partial charge in [-0.15, -0.1) is 0 Å². The van der Waals surface area contributed by atoms with Crippen LogP contribution >= 0.6 is 0 Å². The summed E-state index contributed by atoms with van der Waals surface area (Å²) in [7, 11) is 0. The van der Waals surface area contributed by atoms with Gasteiger partial charge in [-0.2, -0.15) is 0 Å². The molecule has 3 nitrogen and oxygen atoms in total. The molecule has 0 saturated heterocycles. The molecule has 1 saturated carbocycles. The predicted molar refractivity (Wildman–Crippen MR) is 244 cm³/mol. The Labute approximate surface area is 339 Å². The van der Waals surface area contributed by atoms with Crippen molar-refractivity contribution in [2.45, 2.75) is 45.1 Å². The number of rotatable bonds is 5. The molecule has 1 fully saturated rings. The van der Waals surface area contributed by atoms with Crippen molar-refractivity contribution < 1.29 is 0 Å². The van der Waals surface area contributed by atoms with E-state index in [0.29, 0.717) is 12.0 Å². The van der Waals surface area contributed by atoms with Gasteiger partial charge in [0.25, 0.3) is 0 Å². The Morgan fingerprint density at radius 2 is 1.09 bits per heavy atom. The largest absolute Gasteiger partial charge is 0.341 e. The lowest BCUT2D eigenvalue weighted by Crippen LogP contribution is -2.38. The molecule has 1 aliphatic heterocycles. The van der Waals surface area contributed by atoms with Crippen LogP contribution in [0.4, 0.5) is 5.69 Å². The van der Waals surface area contributed by atoms with Gasteiger partial charge in [-0.25, -0.2) is 0 Å². The minimum Gasteiger partial charge on any atom is -0.341 e. The second-order valence-corrected chi connectivity index (χ2v) is 16.9. The molecule has 12 rings (SSSR count). The van der Waals surface area contributed by atoms with Crippen molar-refractivity contribution in [2.75, 3.05) is 4.90 Å². The molecule has 0 spiro atoms. The molecule has 58 heavy (non-hydrogen) atoms. The molecule has 3 atom stereocenters. The summed E-state index contributed by atoms with van der Waals surface area (Å²) >= 11 is 0. The molecule has 3 aliphatic rings. The SMILES string of the molecule is C[C@@H]1CCC2C(C1)C1=C(CCC=C1)N2c1ccc2c3ccccc3n(-c3ccc4c(c3)c3ccccc3n4-c3cccc(-c4cccc(-c5ccccc5)c4)c3)c2c1. The number of allylic oxidation sites excluding steroid dienone is 3. The van der Waals surface area contributed by atoms with E-state index >= 15 is 0 Å². The van der Waals surface area contributed by atoms with Gasteiger partial charge in [-0.3, -0.25) is 0 Å². The van der Waals surface area contributed by atoms with E-state index in [-0.39, 0.29) is 0 Å². The molecule has 0 N–H and O–H groups in total. The Morgan fingerprint density at radius 1 is 0.466 bits per heavy atom. The van der Waals surface area contributed by atoms with Crippen LogP contribution in [-0.4, -0.2) is 15.2 Å². The first kappa shape index (κ1) is 33.5. The van der Waals surface area contributed by atoms with Gasteiger partial charge < -0.3 is 14.0 Å². The highest BCUT2D eigenvalue weighted by Gasteiger charge is 2.43. The van der Waals surface area contributed by atoms with Gasteiger partial charge in [0.15, 0.2) is 0 Å². The first-order valence-electron chi connectivity index (χ1n) is 21.2. The van der Waals surface area contributed by atoms with Crippen molar-refractivity contribution >= 4 is 49.3 Å². The summed E-state index contributed by atoms with van der Waals surface area (Å²) < 4.78 is 4.97. The van der Waals surface area contributed by atoms with E-state index in [1.54, 1.807) is 11.3 Å². The lowest BCUT2D eigenvalue weighted by molar-refractivity contribution is 0.290. The monoisotopic (exact) mass is 747 g/mol. The fourth-order valence-corrected chi connectivity index (χ4v) is 10.9. The van der Waals surface area contributed by atoms with E-state index in [1.807, 2.05) is 0 Å². The minimum absolute atomic E-state index is 0.549. The minimum atomic E-state index is 0.549. The van der Waals surface area contributed by atoms with Crippen LogP contribution in [0.25, 0.3) is 77.2 Å². The summed E-state index contributed by atoms with van der Waals surface area (Å²) in [6, 6.07) is 61.4. The van der Waals surface area contributed by atoms with Crippen LogP contribution < -0.4 is 4.90 Å². The van der Waals surface area contributed by atoms with Crippen LogP contribution in [0.2, 0.25) is 0 Å². The summed E-state index contributed by atoms with van der Waals surface area (Å²) in [5, 5.41) is 5.12. The van der Waals surface area contributed by atoms with Crippen molar-refractivity contribution in [3.05, 3.63) is 187 Å². The van der Waals surface area contributed by atoms with Gasteiger partial charge in [-0.05, 0) is 127 Å². The van der Waals surface area contributed by atoms with Gasteiger partial charge in [0, 0.05) is 56.3 Å². The topological polar surface area (TPSA) is 13.1 Å². The number of para-hydroxylation sites is 2. The predicted octanol–water partition coefficient (Wildman–Crippen LogP) is 14.4. The summed E-state index contributed by atoms with van der Waals surface area (Å²) in [5.41, 5.74) is 16.7. The Balaban J connectivity index is 1.00. The zero-order valence-corrected chi connectivity index (χ0v) is 32.9. The van der Waals surface area contributed by atoms with Gasteiger partial charge in [0.2, 0.25) is 0 Å². The van der Waals surface area contributed by atoms with Crippen molar-refractivity contribution in [3.8, 4) is 33.6 Å². The molecular weight excluding hydrogens is 703 g/mol. The quantitative estimate of drug-likeness (QED) is 0.171. The highest BCUT2D eigenvalue weighted by molar-refractivity contribution is 6.12. The first-order valence-corrected chi connectivity index (χ1v) is 21.2. The zero-order valence-electron chi connectivity index (χ0n) is 32.9. The molecule has 3 heteroatoms. The number of hydrogen-bond acceptors (Lipinski definition) is 1. The van der Waals surface area contributed by atoms with Gasteiger partial charge >= 0.3 is 0 Å². The molecule has 0 radical (unpaired) electrons. The van der Waals surface area contributed by atoms with E-state index < -0.39 is 0 Å². The smallest absolute Gasteiger partial charge is 0.0561 e. The average Bonchev–Trinajstić information content (AvgIpc) is 3.91. The zero-order chi connectivity index (χ0) is 38.3. The summed E-state index contributed by atoms with van der Waals surface area (Å²) in [5.74, 6) is 1.42. The van der Waals surface area contributed by atoms with E-state index in [0.717, 1.165) is 24.4 Å². The van der Waals surface area contributed by atoms with Gasteiger partial charge in [0.05, 0.1) is 22.1 Å². The molecule has 9 aromatic rings. The van der Waals surface area contributed by atoms with Crippen LogP contribution in [0.3, 0.4) is 0 Å². The third-order valence-electron chi connectivity index (χ3n) is 13.5. The van der Waals surface area contributed by atoms with E-state index in [9.17, 15) is 0 Å². The lowest BCUT2D eigenvalue weighted by Gasteiger charge is -2.37. The van der Waals surface area contributed by atoms with Gasteiger partial charge in [0.1, 0.15) is 0 Å². The Hall–Kier alpha value is -6.58.